The van der Waals surface area contributed by atoms with Crippen LogP contribution in [0.25, 0.3) is 44.8 Å². The summed E-state index contributed by atoms with van der Waals surface area (Å²) in [5, 5.41) is 4.54. The topological polar surface area (TPSA) is 103 Å². The predicted octanol–water partition coefficient (Wildman–Crippen LogP) is 8.16. The number of esters is 1. The van der Waals surface area contributed by atoms with Gasteiger partial charge in [0.25, 0.3) is 0 Å². The van der Waals surface area contributed by atoms with Gasteiger partial charge in [-0.15, -0.1) is 18.8 Å². The van der Waals surface area contributed by atoms with Crippen LogP contribution in [0.2, 0.25) is 0 Å². The van der Waals surface area contributed by atoms with Gasteiger partial charge in [0, 0.05) is 61.9 Å². The molecule has 7 nitrogen and oxygen atoms in total. The van der Waals surface area contributed by atoms with Crippen molar-refractivity contribution in [1.82, 2.24) is 15.0 Å². The smallest absolute Gasteiger partial charge is 0.338 e. The van der Waals surface area contributed by atoms with E-state index in [1.54, 1.807) is 37.4 Å². The fraction of sp³-hybridized carbons (Fsp3) is 0.176. The molecule has 0 amide bonds. The summed E-state index contributed by atoms with van der Waals surface area (Å²) in [5.74, 6) is 0.429. The summed E-state index contributed by atoms with van der Waals surface area (Å²) in [4.78, 5) is 25.5. The van der Waals surface area contributed by atoms with E-state index < -0.39 is 0 Å². The molecule has 8 heteroatoms. The number of fused-ring (bicyclic) bond motifs is 1. The predicted molar refractivity (Wildman–Crippen MR) is 163 cm³/mol. The molecule has 3 aromatic carbocycles. The molecule has 0 atom stereocenters. The van der Waals surface area contributed by atoms with Gasteiger partial charge in [-0.3, -0.25) is 4.98 Å². The van der Waals surface area contributed by atoms with Gasteiger partial charge >= 0.3 is 5.97 Å². The molecule has 1 N–H and O–H groups in total. The van der Waals surface area contributed by atoms with Crippen molar-refractivity contribution in [3.63, 3.8) is 0 Å². The van der Waals surface area contributed by atoms with Gasteiger partial charge in [0.15, 0.2) is 5.82 Å². The van der Waals surface area contributed by atoms with Gasteiger partial charge in [-0.2, -0.15) is 0 Å². The molecule has 0 unspecified atom stereocenters. The second kappa shape index (κ2) is 14.9. The van der Waals surface area contributed by atoms with Gasteiger partial charge in [-0.1, -0.05) is 60.7 Å². The summed E-state index contributed by atoms with van der Waals surface area (Å²) >= 11 is 0. The Morgan fingerprint density at radius 3 is 2.43 bits per heavy atom. The fourth-order valence-electron chi connectivity index (χ4n) is 4.70. The molecule has 1 aliphatic rings. The molecule has 5 aromatic rings. The molecule has 3 heterocycles. The van der Waals surface area contributed by atoms with Gasteiger partial charge in [0.2, 0.25) is 0 Å². The monoisotopic (exact) mass is 630 g/mol. The second-order valence-corrected chi connectivity index (χ2v) is 9.62. The third kappa shape index (κ3) is 7.54. The molecule has 0 fully saturated rings. The molecule has 0 spiro atoms. The molecular weight excluding hydrogens is 599 g/mol. The summed E-state index contributed by atoms with van der Waals surface area (Å²) in [6.45, 7) is 5.81. The largest absolute Gasteiger partial charge is 0.699 e. The first-order valence-corrected chi connectivity index (χ1v) is 13.6. The van der Waals surface area contributed by atoms with Crippen molar-refractivity contribution in [3.05, 3.63) is 131 Å². The zero-order chi connectivity index (χ0) is 28.6. The number of carbonyl (C=O) groups excluding carboxylic acids is 1. The number of aryl methyl sites for hydroxylation is 1. The van der Waals surface area contributed by atoms with Crippen LogP contribution in [0.5, 0.6) is 0 Å². The molecule has 209 valence electrons. The van der Waals surface area contributed by atoms with Crippen LogP contribution in [0.1, 0.15) is 34.1 Å². The Balaban J connectivity index is 0.000000194. The summed E-state index contributed by atoms with van der Waals surface area (Å²) in [5.41, 5.74) is 17.0. The number of benzene rings is 3. The first kappa shape index (κ1) is 31.2. The standard InChI is InChI=1S/C19H17N4.C15H14NO2.Y/c1-13-5-2-3-7-15(13)18-16-12-21-10-8-17(16)22-19(23-18)14-6-4-9-20-11-14;1-2-18-15(17)13-7-3-5-11(9-13)12-6-4-8-14(16)10-12;/h2-7,9,11H,8,10,12H2,1H3;3-10,16H,2H2,1H3;/q2*-1;. The van der Waals surface area contributed by atoms with Crippen LogP contribution in [0.15, 0.2) is 97.3 Å². The molecule has 0 bridgehead atoms. The number of carbonyl (C=O) groups is 1. The zero-order valence-corrected chi connectivity index (χ0v) is 26.6. The van der Waals surface area contributed by atoms with E-state index in [1.165, 1.54) is 5.56 Å². The van der Waals surface area contributed by atoms with Crippen LogP contribution in [-0.4, -0.2) is 34.1 Å². The van der Waals surface area contributed by atoms with E-state index in [0.29, 0.717) is 24.4 Å². The molecule has 0 aliphatic carbocycles. The van der Waals surface area contributed by atoms with E-state index in [4.69, 9.17) is 20.4 Å². The summed E-state index contributed by atoms with van der Waals surface area (Å²) < 4.78 is 4.97. The molecule has 1 radical (unpaired) electrons. The first-order valence-electron chi connectivity index (χ1n) is 13.6. The van der Waals surface area contributed by atoms with E-state index in [-0.39, 0.29) is 38.7 Å². The third-order valence-corrected chi connectivity index (χ3v) is 6.76. The number of ether oxygens (including phenoxy) is 1. The van der Waals surface area contributed by atoms with Crippen molar-refractivity contribution in [1.29, 1.82) is 0 Å². The van der Waals surface area contributed by atoms with Crippen molar-refractivity contribution < 1.29 is 42.2 Å². The molecule has 1 aliphatic heterocycles. The molecule has 6 rings (SSSR count). The van der Waals surface area contributed by atoms with Crippen molar-refractivity contribution >= 4 is 11.7 Å². The molecule has 2 aromatic heterocycles. The van der Waals surface area contributed by atoms with Crippen LogP contribution in [0, 0.1) is 6.92 Å². The summed E-state index contributed by atoms with van der Waals surface area (Å²) in [6, 6.07) is 26.8. The quantitative estimate of drug-likeness (QED) is 0.182. The molecular formula is C34H31N5O2Y-2. The maximum absolute atomic E-state index is 11.6. The normalized spacial score (nSPS) is 11.8. The number of hydrogen-bond donors (Lipinski definition) is 0. The van der Waals surface area contributed by atoms with Crippen LogP contribution >= 0.6 is 0 Å². The maximum Gasteiger partial charge on any atom is 0.338 e. The molecule has 42 heavy (non-hydrogen) atoms. The van der Waals surface area contributed by atoms with Gasteiger partial charge in [-0.05, 0) is 66.8 Å². The number of aromatic nitrogens is 3. The Morgan fingerprint density at radius 2 is 1.69 bits per heavy atom. The van der Waals surface area contributed by atoms with E-state index in [9.17, 15) is 4.79 Å². The van der Waals surface area contributed by atoms with Gasteiger partial charge in [0.05, 0.1) is 17.9 Å². The van der Waals surface area contributed by atoms with Gasteiger partial charge < -0.3 is 15.8 Å². The summed E-state index contributed by atoms with van der Waals surface area (Å²) in [6.07, 6.45) is 4.46. The second-order valence-electron chi connectivity index (χ2n) is 9.62. The zero-order valence-electron chi connectivity index (χ0n) is 23.7. The average Bonchev–Trinajstić information content (AvgIpc) is 3.02. The van der Waals surface area contributed by atoms with Gasteiger partial charge in [-0.25, -0.2) is 14.8 Å². The Hall–Kier alpha value is -3.78. The van der Waals surface area contributed by atoms with Crippen molar-refractivity contribution in [2.24, 2.45) is 0 Å². The average molecular weight is 631 g/mol. The number of nitrogens with zero attached hydrogens (tertiary/aromatic N) is 4. The third-order valence-electron chi connectivity index (χ3n) is 6.76. The maximum atomic E-state index is 11.6. The number of pyridine rings is 1. The first-order chi connectivity index (χ1) is 20.0. The van der Waals surface area contributed by atoms with E-state index in [2.05, 4.69) is 41.5 Å². The van der Waals surface area contributed by atoms with Crippen LogP contribution in [0.3, 0.4) is 0 Å². The number of rotatable bonds is 5. The van der Waals surface area contributed by atoms with Crippen LogP contribution in [-0.2, 0) is 50.4 Å². The van der Waals surface area contributed by atoms with E-state index in [1.807, 2.05) is 42.6 Å². The Kier molecular flexibility index (Phi) is 11.1. The SMILES string of the molecule is CCOC(=O)c1cccc(-c2cccc([NH-])c2)c1.Cc1ccccc1-c1nc(-c2cccnc2)nc2c1C[N-]CC2.[Y]. The fourth-order valence-corrected chi connectivity index (χ4v) is 4.70. The van der Waals surface area contributed by atoms with Crippen molar-refractivity contribution in [3.8, 4) is 33.8 Å². The van der Waals surface area contributed by atoms with Crippen molar-refractivity contribution in [2.45, 2.75) is 26.8 Å². The molecule has 0 saturated carbocycles. The Labute approximate surface area is 271 Å². The summed E-state index contributed by atoms with van der Waals surface area (Å²) in [7, 11) is 0. The van der Waals surface area contributed by atoms with E-state index >= 15 is 0 Å². The van der Waals surface area contributed by atoms with Crippen molar-refractivity contribution in [2.75, 3.05) is 13.2 Å². The Morgan fingerprint density at radius 1 is 0.929 bits per heavy atom. The van der Waals surface area contributed by atoms with Crippen LogP contribution in [0.4, 0.5) is 5.69 Å². The van der Waals surface area contributed by atoms with Crippen LogP contribution < -0.4 is 0 Å². The Bertz CT molecular complexity index is 1660. The number of hydrogen-bond acceptors (Lipinski definition) is 5. The minimum absolute atomic E-state index is 0. The van der Waals surface area contributed by atoms with E-state index in [0.717, 1.165) is 58.0 Å². The minimum Gasteiger partial charge on any atom is -0.699 e. The molecule has 0 saturated heterocycles. The number of nitrogens with one attached hydrogen (secondary N) is 1. The van der Waals surface area contributed by atoms with Gasteiger partial charge in [0.1, 0.15) is 0 Å². The minimum atomic E-state index is -0.318.